The van der Waals surface area contributed by atoms with Crippen molar-refractivity contribution in [3.63, 3.8) is 0 Å². The van der Waals surface area contributed by atoms with Crippen molar-refractivity contribution in [1.82, 2.24) is 15.5 Å². The van der Waals surface area contributed by atoms with E-state index in [0.717, 1.165) is 25.7 Å². The number of likely N-dealkylation sites (N-methyl/N-ethyl adjacent to an activating group) is 1. The van der Waals surface area contributed by atoms with Gasteiger partial charge in [-0.15, -0.1) is 0 Å². The average Bonchev–Trinajstić information content (AvgIpc) is 3.05. The van der Waals surface area contributed by atoms with E-state index >= 15 is 0 Å². The molecule has 0 aromatic carbocycles. The highest BCUT2D eigenvalue weighted by Gasteiger charge is 2.27. The minimum absolute atomic E-state index is 0.0977. The van der Waals surface area contributed by atoms with E-state index in [1.807, 2.05) is 13.8 Å². The van der Waals surface area contributed by atoms with Gasteiger partial charge >= 0.3 is 0 Å². The molecule has 4 nitrogen and oxygen atoms in total. The van der Waals surface area contributed by atoms with Gasteiger partial charge in [0.05, 0.1) is 6.54 Å². The molecule has 1 aliphatic rings. The number of carbonyl (C=O) groups excluding carboxylic acids is 1. The lowest BCUT2D eigenvalue weighted by molar-refractivity contribution is -0.120. The topological polar surface area (TPSA) is 44.4 Å². The molecule has 16 heavy (non-hydrogen) atoms. The predicted molar refractivity (Wildman–Crippen MR) is 66.4 cm³/mol. The van der Waals surface area contributed by atoms with Crippen LogP contribution in [0.25, 0.3) is 0 Å². The fourth-order valence-corrected chi connectivity index (χ4v) is 1.74. The molecule has 0 aromatic rings. The molecule has 0 radical (unpaired) electrons. The molecule has 0 spiro atoms. The highest BCUT2D eigenvalue weighted by molar-refractivity contribution is 5.77. The highest BCUT2D eigenvalue weighted by Crippen LogP contribution is 2.25. The summed E-state index contributed by atoms with van der Waals surface area (Å²) >= 11 is 0. The Bertz CT molecular complexity index is 214. The first-order valence-electron chi connectivity index (χ1n) is 6.37. The maximum atomic E-state index is 11.4. The summed E-state index contributed by atoms with van der Waals surface area (Å²) in [5.41, 5.74) is 0. The van der Waals surface area contributed by atoms with Crippen molar-refractivity contribution in [2.45, 2.75) is 45.7 Å². The van der Waals surface area contributed by atoms with Gasteiger partial charge in [-0.2, -0.15) is 0 Å². The van der Waals surface area contributed by atoms with E-state index in [1.165, 1.54) is 12.8 Å². The summed E-state index contributed by atoms with van der Waals surface area (Å²) in [5.74, 6) is 0.0977. The van der Waals surface area contributed by atoms with Gasteiger partial charge in [-0.05, 0) is 19.4 Å². The van der Waals surface area contributed by atoms with Gasteiger partial charge in [0.1, 0.15) is 0 Å². The first kappa shape index (κ1) is 13.5. The zero-order valence-electron chi connectivity index (χ0n) is 10.8. The third kappa shape index (κ3) is 5.47. The Morgan fingerprint density at radius 1 is 1.44 bits per heavy atom. The molecule has 0 unspecified atom stereocenters. The summed E-state index contributed by atoms with van der Waals surface area (Å²) in [4.78, 5) is 13.9. The fraction of sp³-hybridized carbons (Fsp3) is 0.917. The summed E-state index contributed by atoms with van der Waals surface area (Å²) in [5, 5.41) is 6.05. The van der Waals surface area contributed by atoms with Gasteiger partial charge in [0.15, 0.2) is 0 Å². The number of hydrogen-bond donors (Lipinski definition) is 2. The Kier molecular flexibility index (Phi) is 5.77. The molecule has 2 N–H and O–H groups in total. The van der Waals surface area contributed by atoms with Crippen molar-refractivity contribution in [2.75, 3.05) is 26.2 Å². The van der Waals surface area contributed by atoms with Crippen molar-refractivity contribution in [2.24, 2.45) is 0 Å². The average molecular weight is 227 g/mol. The van der Waals surface area contributed by atoms with Crippen LogP contribution in [0.3, 0.4) is 0 Å². The monoisotopic (exact) mass is 227 g/mol. The van der Waals surface area contributed by atoms with E-state index in [9.17, 15) is 4.79 Å². The Morgan fingerprint density at radius 2 is 2.12 bits per heavy atom. The largest absolute Gasteiger partial charge is 0.354 e. The second-order valence-electron chi connectivity index (χ2n) is 4.75. The van der Waals surface area contributed by atoms with Crippen LogP contribution >= 0.6 is 0 Å². The van der Waals surface area contributed by atoms with Crippen LogP contribution in [-0.2, 0) is 4.79 Å². The third-order valence-corrected chi connectivity index (χ3v) is 2.86. The van der Waals surface area contributed by atoms with E-state index in [1.54, 1.807) is 0 Å². The zero-order valence-corrected chi connectivity index (χ0v) is 10.8. The van der Waals surface area contributed by atoms with Crippen LogP contribution in [0.1, 0.15) is 33.6 Å². The number of amides is 1. The second kappa shape index (κ2) is 6.86. The molecule has 1 fully saturated rings. The van der Waals surface area contributed by atoms with Gasteiger partial charge in [-0.3, -0.25) is 9.69 Å². The van der Waals surface area contributed by atoms with Gasteiger partial charge in [-0.25, -0.2) is 0 Å². The Hall–Kier alpha value is -0.610. The minimum Gasteiger partial charge on any atom is -0.354 e. The van der Waals surface area contributed by atoms with Crippen molar-refractivity contribution in [3.05, 3.63) is 0 Å². The standard InChI is InChI=1S/C12H25N3O/c1-4-15(11-5-6-11)8-7-13-12(16)9-14-10(2)3/h10-11,14H,4-9H2,1-3H3,(H,13,16). The summed E-state index contributed by atoms with van der Waals surface area (Å²) in [6.45, 7) is 9.52. The molecule has 0 atom stereocenters. The molecule has 0 saturated heterocycles. The van der Waals surface area contributed by atoms with Crippen LogP contribution in [0.15, 0.2) is 0 Å². The molecular formula is C12H25N3O. The lowest BCUT2D eigenvalue weighted by atomic mass is 10.4. The summed E-state index contributed by atoms with van der Waals surface area (Å²) in [7, 11) is 0. The Labute approximate surface area is 98.8 Å². The highest BCUT2D eigenvalue weighted by atomic mass is 16.1. The van der Waals surface area contributed by atoms with Crippen LogP contribution in [0.4, 0.5) is 0 Å². The number of carbonyl (C=O) groups is 1. The Morgan fingerprint density at radius 3 is 2.62 bits per heavy atom. The van der Waals surface area contributed by atoms with Crippen molar-refractivity contribution in [1.29, 1.82) is 0 Å². The molecule has 1 amide bonds. The second-order valence-corrected chi connectivity index (χ2v) is 4.75. The summed E-state index contributed by atoms with van der Waals surface area (Å²) in [6, 6.07) is 1.15. The quantitative estimate of drug-likeness (QED) is 0.638. The lowest BCUT2D eigenvalue weighted by Gasteiger charge is -2.19. The molecule has 1 saturated carbocycles. The smallest absolute Gasteiger partial charge is 0.234 e. The van der Waals surface area contributed by atoms with Gasteiger partial charge in [0, 0.05) is 25.2 Å². The molecular weight excluding hydrogens is 202 g/mol. The van der Waals surface area contributed by atoms with Gasteiger partial charge in [0.25, 0.3) is 0 Å². The number of rotatable bonds is 8. The van der Waals surface area contributed by atoms with Gasteiger partial charge < -0.3 is 10.6 Å². The zero-order chi connectivity index (χ0) is 12.0. The third-order valence-electron chi connectivity index (χ3n) is 2.86. The van der Waals surface area contributed by atoms with Crippen LogP contribution in [-0.4, -0.2) is 49.1 Å². The predicted octanol–water partition coefficient (Wildman–Crippen LogP) is 0.585. The first-order valence-corrected chi connectivity index (χ1v) is 6.37. The number of nitrogens with zero attached hydrogens (tertiary/aromatic N) is 1. The van der Waals surface area contributed by atoms with Crippen molar-refractivity contribution in [3.8, 4) is 0 Å². The molecule has 4 heteroatoms. The molecule has 0 aromatic heterocycles. The van der Waals surface area contributed by atoms with E-state index in [4.69, 9.17) is 0 Å². The SMILES string of the molecule is CCN(CCNC(=O)CNC(C)C)C1CC1. The van der Waals surface area contributed by atoms with E-state index in [-0.39, 0.29) is 5.91 Å². The molecule has 1 aliphatic carbocycles. The van der Waals surface area contributed by atoms with E-state index in [2.05, 4.69) is 22.5 Å². The van der Waals surface area contributed by atoms with Crippen LogP contribution in [0, 0.1) is 0 Å². The minimum atomic E-state index is 0.0977. The number of nitrogens with one attached hydrogen (secondary N) is 2. The van der Waals surface area contributed by atoms with Gasteiger partial charge in [-0.1, -0.05) is 20.8 Å². The summed E-state index contributed by atoms with van der Waals surface area (Å²) < 4.78 is 0. The molecule has 0 aliphatic heterocycles. The number of hydrogen-bond acceptors (Lipinski definition) is 3. The Balaban J connectivity index is 2.02. The molecule has 1 rings (SSSR count). The molecule has 94 valence electrons. The van der Waals surface area contributed by atoms with E-state index < -0.39 is 0 Å². The first-order chi connectivity index (χ1) is 7.63. The molecule has 0 heterocycles. The van der Waals surface area contributed by atoms with Crippen LogP contribution in [0.2, 0.25) is 0 Å². The maximum absolute atomic E-state index is 11.4. The van der Waals surface area contributed by atoms with Crippen molar-refractivity contribution >= 4 is 5.91 Å². The molecule has 0 bridgehead atoms. The van der Waals surface area contributed by atoms with Crippen molar-refractivity contribution < 1.29 is 4.79 Å². The lowest BCUT2D eigenvalue weighted by Crippen LogP contribution is -2.41. The summed E-state index contributed by atoms with van der Waals surface area (Å²) in [6.07, 6.45) is 2.66. The maximum Gasteiger partial charge on any atom is 0.234 e. The fourth-order valence-electron chi connectivity index (χ4n) is 1.74. The normalized spacial score (nSPS) is 15.8. The van der Waals surface area contributed by atoms with E-state index in [0.29, 0.717) is 12.6 Å². The van der Waals surface area contributed by atoms with Gasteiger partial charge in [0.2, 0.25) is 5.91 Å². The van der Waals surface area contributed by atoms with Crippen LogP contribution in [0.5, 0.6) is 0 Å². The van der Waals surface area contributed by atoms with Crippen LogP contribution < -0.4 is 10.6 Å².